The van der Waals surface area contributed by atoms with Crippen molar-refractivity contribution in [1.29, 1.82) is 0 Å². The van der Waals surface area contributed by atoms with E-state index in [0.29, 0.717) is 5.82 Å². The molecule has 11 heavy (non-hydrogen) atoms. The number of aromatic nitrogens is 1. The molecule has 1 aromatic heterocycles. The summed E-state index contributed by atoms with van der Waals surface area (Å²) in [4.78, 5) is 4.02. The number of pyridine rings is 1. The zero-order valence-corrected chi connectivity index (χ0v) is 6.76. The lowest BCUT2D eigenvalue weighted by atomic mass is 10.1. The average Bonchev–Trinajstić information content (AvgIpc) is 1.85. The third-order valence-electron chi connectivity index (χ3n) is 1.67. The van der Waals surface area contributed by atoms with Gasteiger partial charge in [-0.3, -0.25) is 0 Å². The molecule has 3 nitrogen and oxygen atoms in total. The molecule has 0 saturated carbocycles. The van der Waals surface area contributed by atoms with E-state index in [0.717, 1.165) is 16.8 Å². The summed E-state index contributed by atoms with van der Waals surface area (Å²) in [5.74, 6) is 0.435. The van der Waals surface area contributed by atoms with E-state index < -0.39 is 0 Å². The zero-order chi connectivity index (χ0) is 8.43. The molecule has 0 atom stereocenters. The van der Waals surface area contributed by atoms with Gasteiger partial charge in [0.05, 0.1) is 6.61 Å². The Balaban J connectivity index is 3.25. The van der Waals surface area contributed by atoms with Crippen LogP contribution in [0.1, 0.15) is 16.8 Å². The van der Waals surface area contributed by atoms with Gasteiger partial charge >= 0.3 is 0 Å². The Morgan fingerprint density at radius 2 is 2.18 bits per heavy atom. The molecular weight excluding hydrogens is 140 g/mol. The quantitative estimate of drug-likeness (QED) is 0.625. The number of rotatable bonds is 1. The number of hydrogen-bond acceptors (Lipinski definition) is 3. The maximum Gasteiger partial charge on any atom is 0.129 e. The lowest BCUT2D eigenvalue weighted by molar-refractivity contribution is 0.281. The van der Waals surface area contributed by atoms with Gasteiger partial charge in [-0.15, -0.1) is 0 Å². The summed E-state index contributed by atoms with van der Waals surface area (Å²) in [5.41, 5.74) is 8.18. The predicted octanol–water partition coefficient (Wildman–Crippen LogP) is 0.773. The monoisotopic (exact) mass is 152 g/mol. The fourth-order valence-corrected chi connectivity index (χ4v) is 1.10. The molecule has 0 aromatic carbocycles. The Bertz CT molecular complexity index is 248. The van der Waals surface area contributed by atoms with E-state index in [2.05, 4.69) is 4.98 Å². The van der Waals surface area contributed by atoms with Crippen LogP contribution in [0, 0.1) is 13.8 Å². The van der Waals surface area contributed by atoms with Crippen LogP contribution in [0.3, 0.4) is 0 Å². The number of aliphatic hydroxyl groups excluding tert-OH is 1. The Morgan fingerprint density at radius 1 is 1.55 bits per heavy atom. The first kappa shape index (κ1) is 8.01. The standard InChI is InChI=1S/C8H12N2O/c1-5-3-6(2)10-8(9)7(5)4-11/h3,11H,4H2,1-2H3,(H2,9,10). The summed E-state index contributed by atoms with van der Waals surface area (Å²) < 4.78 is 0. The van der Waals surface area contributed by atoms with Crippen LogP contribution in [0.4, 0.5) is 5.82 Å². The number of aryl methyl sites for hydroxylation is 2. The summed E-state index contributed by atoms with van der Waals surface area (Å²) >= 11 is 0. The topological polar surface area (TPSA) is 59.1 Å². The largest absolute Gasteiger partial charge is 0.392 e. The second-order valence-electron chi connectivity index (χ2n) is 2.60. The average molecular weight is 152 g/mol. The minimum absolute atomic E-state index is 0.0368. The van der Waals surface area contributed by atoms with Gasteiger partial charge in [0.1, 0.15) is 5.82 Å². The molecule has 1 aromatic rings. The van der Waals surface area contributed by atoms with Crippen molar-refractivity contribution in [2.45, 2.75) is 20.5 Å². The number of aliphatic hydroxyl groups is 1. The molecule has 0 aliphatic carbocycles. The SMILES string of the molecule is Cc1cc(C)c(CO)c(N)n1. The highest BCUT2D eigenvalue weighted by Gasteiger charge is 2.03. The van der Waals surface area contributed by atoms with Crippen molar-refractivity contribution in [3.05, 3.63) is 22.9 Å². The lowest BCUT2D eigenvalue weighted by Gasteiger charge is -2.05. The zero-order valence-electron chi connectivity index (χ0n) is 6.76. The van der Waals surface area contributed by atoms with Gasteiger partial charge in [-0.2, -0.15) is 0 Å². The fraction of sp³-hybridized carbons (Fsp3) is 0.375. The molecule has 1 heterocycles. The third-order valence-corrected chi connectivity index (χ3v) is 1.67. The highest BCUT2D eigenvalue weighted by molar-refractivity contribution is 5.44. The molecule has 0 aliphatic rings. The van der Waals surface area contributed by atoms with E-state index >= 15 is 0 Å². The molecule has 0 aliphatic heterocycles. The van der Waals surface area contributed by atoms with Crippen molar-refractivity contribution in [2.75, 3.05) is 5.73 Å². The van der Waals surface area contributed by atoms with E-state index in [-0.39, 0.29) is 6.61 Å². The normalized spacial score (nSPS) is 10.1. The van der Waals surface area contributed by atoms with Crippen molar-refractivity contribution in [3.63, 3.8) is 0 Å². The minimum Gasteiger partial charge on any atom is -0.392 e. The molecule has 1 rings (SSSR count). The molecule has 0 amide bonds. The molecular formula is C8H12N2O. The van der Waals surface area contributed by atoms with E-state index in [1.54, 1.807) is 0 Å². The number of nitrogens with zero attached hydrogens (tertiary/aromatic N) is 1. The molecule has 3 N–H and O–H groups in total. The van der Waals surface area contributed by atoms with Crippen molar-refractivity contribution < 1.29 is 5.11 Å². The number of anilines is 1. The molecule has 3 heteroatoms. The third kappa shape index (κ3) is 1.49. The highest BCUT2D eigenvalue weighted by atomic mass is 16.3. The van der Waals surface area contributed by atoms with Crippen molar-refractivity contribution in [2.24, 2.45) is 0 Å². The molecule has 60 valence electrons. The van der Waals surface area contributed by atoms with E-state index in [1.807, 2.05) is 19.9 Å². The van der Waals surface area contributed by atoms with Gasteiger partial charge in [-0.25, -0.2) is 4.98 Å². The summed E-state index contributed by atoms with van der Waals surface area (Å²) in [6.45, 7) is 3.76. The Hall–Kier alpha value is -1.09. The Labute approximate surface area is 65.9 Å². The Morgan fingerprint density at radius 3 is 2.64 bits per heavy atom. The minimum atomic E-state index is -0.0368. The Kier molecular flexibility index (Phi) is 2.10. The van der Waals surface area contributed by atoms with Crippen molar-refractivity contribution in [3.8, 4) is 0 Å². The van der Waals surface area contributed by atoms with Gasteiger partial charge in [-0.05, 0) is 25.5 Å². The smallest absolute Gasteiger partial charge is 0.129 e. The maximum atomic E-state index is 8.87. The van der Waals surface area contributed by atoms with Gasteiger partial charge in [0.2, 0.25) is 0 Å². The van der Waals surface area contributed by atoms with Gasteiger partial charge in [0.25, 0.3) is 0 Å². The van der Waals surface area contributed by atoms with Crippen LogP contribution in [-0.2, 0) is 6.61 Å². The van der Waals surface area contributed by atoms with Crippen LogP contribution >= 0.6 is 0 Å². The number of nitrogens with two attached hydrogens (primary N) is 1. The van der Waals surface area contributed by atoms with Crippen LogP contribution < -0.4 is 5.73 Å². The van der Waals surface area contributed by atoms with Gasteiger partial charge in [-0.1, -0.05) is 0 Å². The lowest BCUT2D eigenvalue weighted by Crippen LogP contribution is -2.01. The first-order valence-corrected chi connectivity index (χ1v) is 3.48. The summed E-state index contributed by atoms with van der Waals surface area (Å²) in [5, 5.41) is 8.87. The van der Waals surface area contributed by atoms with Crippen LogP contribution in [0.5, 0.6) is 0 Å². The molecule has 0 spiro atoms. The summed E-state index contributed by atoms with van der Waals surface area (Å²) in [6.07, 6.45) is 0. The number of nitrogen functional groups attached to an aromatic ring is 1. The molecule has 0 saturated heterocycles. The highest BCUT2D eigenvalue weighted by Crippen LogP contribution is 2.14. The fourth-order valence-electron chi connectivity index (χ4n) is 1.10. The van der Waals surface area contributed by atoms with Crippen LogP contribution in [0.15, 0.2) is 6.07 Å². The van der Waals surface area contributed by atoms with E-state index in [9.17, 15) is 0 Å². The molecule has 0 radical (unpaired) electrons. The second-order valence-corrected chi connectivity index (χ2v) is 2.60. The van der Waals surface area contributed by atoms with Crippen molar-refractivity contribution >= 4 is 5.82 Å². The summed E-state index contributed by atoms with van der Waals surface area (Å²) in [7, 11) is 0. The van der Waals surface area contributed by atoms with E-state index in [4.69, 9.17) is 10.8 Å². The first-order chi connectivity index (χ1) is 5.15. The summed E-state index contributed by atoms with van der Waals surface area (Å²) in [6, 6.07) is 1.90. The molecule has 0 unspecified atom stereocenters. The van der Waals surface area contributed by atoms with E-state index in [1.165, 1.54) is 0 Å². The van der Waals surface area contributed by atoms with Gasteiger partial charge < -0.3 is 10.8 Å². The van der Waals surface area contributed by atoms with Crippen LogP contribution in [-0.4, -0.2) is 10.1 Å². The molecule has 0 fully saturated rings. The molecule has 0 bridgehead atoms. The van der Waals surface area contributed by atoms with Gasteiger partial charge in [0.15, 0.2) is 0 Å². The number of hydrogen-bond donors (Lipinski definition) is 2. The van der Waals surface area contributed by atoms with Crippen LogP contribution in [0.2, 0.25) is 0 Å². The van der Waals surface area contributed by atoms with Crippen molar-refractivity contribution in [1.82, 2.24) is 4.98 Å². The maximum absolute atomic E-state index is 8.87. The first-order valence-electron chi connectivity index (χ1n) is 3.48. The van der Waals surface area contributed by atoms with Gasteiger partial charge in [0, 0.05) is 11.3 Å². The van der Waals surface area contributed by atoms with Crippen LogP contribution in [0.25, 0.3) is 0 Å². The predicted molar refractivity (Wildman–Crippen MR) is 44.0 cm³/mol. The second kappa shape index (κ2) is 2.88.